The van der Waals surface area contributed by atoms with Gasteiger partial charge in [0, 0.05) is 38.8 Å². The van der Waals surface area contributed by atoms with E-state index in [2.05, 4.69) is 15.5 Å². The molecule has 1 aromatic rings. The molecule has 2 saturated heterocycles. The van der Waals surface area contributed by atoms with Gasteiger partial charge in [-0.25, -0.2) is 8.78 Å². The lowest BCUT2D eigenvalue weighted by Crippen LogP contribution is -2.52. The molecular formula is C17H25Cl2F2N3O2. The van der Waals surface area contributed by atoms with E-state index in [0.717, 1.165) is 44.1 Å². The van der Waals surface area contributed by atoms with Gasteiger partial charge in [0.2, 0.25) is 0 Å². The van der Waals surface area contributed by atoms with Crippen molar-refractivity contribution in [3.8, 4) is 0 Å². The van der Waals surface area contributed by atoms with Crippen LogP contribution in [-0.2, 0) is 16.1 Å². The first-order valence-corrected chi connectivity index (χ1v) is 8.41. The first-order valence-electron chi connectivity index (χ1n) is 8.41. The summed E-state index contributed by atoms with van der Waals surface area (Å²) >= 11 is 0. The minimum absolute atomic E-state index is 0. The van der Waals surface area contributed by atoms with Crippen LogP contribution in [0, 0.1) is 11.6 Å². The van der Waals surface area contributed by atoms with E-state index in [-0.39, 0.29) is 36.8 Å². The molecule has 26 heavy (non-hydrogen) atoms. The molecule has 3 rings (SSSR count). The fourth-order valence-corrected chi connectivity index (χ4v) is 3.16. The van der Waals surface area contributed by atoms with Crippen LogP contribution in [-0.4, -0.2) is 55.7 Å². The number of ether oxygens (including phenoxy) is 1. The van der Waals surface area contributed by atoms with Crippen LogP contribution in [0.5, 0.6) is 0 Å². The number of carbonyl (C=O) groups is 1. The number of hydrogen-bond acceptors (Lipinski definition) is 4. The lowest BCUT2D eigenvalue weighted by Gasteiger charge is -2.33. The summed E-state index contributed by atoms with van der Waals surface area (Å²) in [6.45, 7) is 4.12. The van der Waals surface area contributed by atoms with Crippen molar-refractivity contribution < 1.29 is 18.3 Å². The van der Waals surface area contributed by atoms with E-state index in [1.54, 1.807) is 6.07 Å². The normalized spacial score (nSPS) is 21.4. The van der Waals surface area contributed by atoms with E-state index in [4.69, 9.17) is 4.74 Å². The summed E-state index contributed by atoms with van der Waals surface area (Å²) in [7, 11) is 0. The molecule has 0 aromatic heterocycles. The molecule has 2 aliphatic rings. The summed E-state index contributed by atoms with van der Waals surface area (Å²) in [4.78, 5) is 14.3. The molecule has 2 N–H and O–H groups in total. The molecule has 0 spiro atoms. The van der Waals surface area contributed by atoms with Crippen molar-refractivity contribution in [1.82, 2.24) is 15.5 Å². The highest BCUT2D eigenvalue weighted by Gasteiger charge is 2.26. The van der Waals surface area contributed by atoms with Crippen LogP contribution >= 0.6 is 24.8 Å². The topological polar surface area (TPSA) is 53.6 Å². The SMILES string of the molecule is Cl.Cl.O=C(NC1CCN(Cc2ccc(F)c(F)c2)CC1)C1CNCCO1. The number of hydrogen-bond donors (Lipinski definition) is 2. The van der Waals surface area contributed by atoms with E-state index >= 15 is 0 Å². The number of carbonyl (C=O) groups excluding carboxylic acids is 1. The number of halogens is 4. The second-order valence-electron chi connectivity index (χ2n) is 6.37. The van der Waals surface area contributed by atoms with E-state index < -0.39 is 17.7 Å². The Morgan fingerprint density at radius 3 is 2.58 bits per heavy atom. The van der Waals surface area contributed by atoms with Crippen LogP contribution in [0.25, 0.3) is 0 Å². The lowest BCUT2D eigenvalue weighted by molar-refractivity contribution is -0.135. The van der Waals surface area contributed by atoms with E-state index in [1.807, 2.05) is 0 Å². The van der Waals surface area contributed by atoms with Gasteiger partial charge in [-0.05, 0) is 30.5 Å². The Balaban J connectivity index is 0.00000169. The van der Waals surface area contributed by atoms with Crippen LogP contribution in [0.3, 0.4) is 0 Å². The van der Waals surface area contributed by atoms with Crippen molar-refractivity contribution in [1.29, 1.82) is 0 Å². The maximum Gasteiger partial charge on any atom is 0.250 e. The predicted octanol–water partition coefficient (Wildman–Crippen LogP) is 1.88. The van der Waals surface area contributed by atoms with Crippen LogP contribution in [0.2, 0.25) is 0 Å². The third-order valence-corrected chi connectivity index (χ3v) is 4.54. The zero-order chi connectivity index (χ0) is 16.9. The molecule has 1 aromatic carbocycles. The first kappa shape index (κ1) is 23.0. The molecule has 5 nitrogen and oxygen atoms in total. The van der Waals surface area contributed by atoms with Crippen LogP contribution in [0.15, 0.2) is 18.2 Å². The first-order chi connectivity index (χ1) is 11.6. The van der Waals surface area contributed by atoms with Gasteiger partial charge in [-0.15, -0.1) is 24.8 Å². The molecule has 0 aliphatic carbocycles. The highest BCUT2D eigenvalue weighted by atomic mass is 35.5. The van der Waals surface area contributed by atoms with Gasteiger partial charge in [0.1, 0.15) is 6.10 Å². The highest BCUT2D eigenvalue weighted by Crippen LogP contribution is 2.16. The molecule has 0 saturated carbocycles. The smallest absolute Gasteiger partial charge is 0.250 e. The van der Waals surface area contributed by atoms with Gasteiger partial charge < -0.3 is 15.4 Å². The predicted molar refractivity (Wildman–Crippen MR) is 99.9 cm³/mol. The standard InChI is InChI=1S/C17H23F2N3O2.2ClH/c18-14-2-1-12(9-15(14)19)11-22-6-3-13(4-7-22)21-17(23)16-10-20-5-8-24-16;;/h1-2,9,13,16,20H,3-8,10-11H2,(H,21,23);2*1H. The molecule has 2 heterocycles. The number of benzene rings is 1. The van der Waals surface area contributed by atoms with Crippen molar-refractivity contribution in [3.63, 3.8) is 0 Å². The molecule has 2 fully saturated rings. The van der Waals surface area contributed by atoms with Crippen molar-refractivity contribution in [2.45, 2.75) is 31.5 Å². The van der Waals surface area contributed by atoms with Gasteiger partial charge in [0.25, 0.3) is 5.91 Å². The van der Waals surface area contributed by atoms with E-state index in [0.29, 0.717) is 19.7 Å². The largest absolute Gasteiger partial charge is 0.366 e. The number of rotatable bonds is 4. The van der Waals surface area contributed by atoms with E-state index in [9.17, 15) is 13.6 Å². The molecular weight excluding hydrogens is 387 g/mol. The Bertz CT molecular complexity index is 581. The Labute approximate surface area is 164 Å². The molecule has 1 atom stereocenters. The summed E-state index contributed by atoms with van der Waals surface area (Å²) in [5.74, 6) is -1.68. The molecule has 2 aliphatic heterocycles. The Hall–Kier alpha value is -0.990. The summed E-state index contributed by atoms with van der Waals surface area (Å²) in [5, 5.41) is 6.19. The molecule has 1 amide bonds. The summed E-state index contributed by atoms with van der Waals surface area (Å²) < 4.78 is 31.7. The van der Waals surface area contributed by atoms with Gasteiger partial charge in [0.05, 0.1) is 6.61 Å². The maximum absolute atomic E-state index is 13.3. The van der Waals surface area contributed by atoms with Crippen LogP contribution in [0.1, 0.15) is 18.4 Å². The van der Waals surface area contributed by atoms with Crippen LogP contribution in [0.4, 0.5) is 8.78 Å². The van der Waals surface area contributed by atoms with Crippen molar-refractivity contribution in [2.24, 2.45) is 0 Å². The summed E-state index contributed by atoms with van der Waals surface area (Å²) in [6.07, 6.45) is 1.28. The number of morpholine rings is 1. The molecule has 9 heteroatoms. The van der Waals surface area contributed by atoms with Gasteiger partial charge in [0.15, 0.2) is 11.6 Å². The average Bonchev–Trinajstić information content (AvgIpc) is 2.61. The quantitative estimate of drug-likeness (QED) is 0.793. The lowest BCUT2D eigenvalue weighted by atomic mass is 10.0. The second-order valence-corrected chi connectivity index (χ2v) is 6.37. The van der Waals surface area contributed by atoms with Crippen molar-refractivity contribution in [2.75, 3.05) is 32.8 Å². The van der Waals surface area contributed by atoms with Crippen molar-refractivity contribution in [3.05, 3.63) is 35.4 Å². The number of nitrogens with one attached hydrogen (secondary N) is 2. The number of piperidine rings is 1. The minimum Gasteiger partial charge on any atom is -0.366 e. The van der Waals surface area contributed by atoms with E-state index in [1.165, 1.54) is 6.07 Å². The minimum atomic E-state index is -0.820. The zero-order valence-corrected chi connectivity index (χ0v) is 16.0. The number of nitrogens with zero attached hydrogens (tertiary/aromatic N) is 1. The monoisotopic (exact) mass is 411 g/mol. The van der Waals surface area contributed by atoms with Crippen molar-refractivity contribution >= 4 is 30.7 Å². The Morgan fingerprint density at radius 2 is 1.96 bits per heavy atom. The zero-order valence-electron chi connectivity index (χ0n) is 14.4. The van der Waals surface area contributed by atoms with Gasteiger partial charge in [-0.1, -0.05) is 6.07 Å². The molecule has 148 valence electrons. The Morgan fingerprint density at radius 1 is 1.23 bits per heavy atom. The fourth-order valence-electron chi connectivity index (χ4n) is 3.16. The number of likely N-dealkylation sites (tertiary alicyclic amines) is 1. The molecule has 0 bridgehead atoms. The Kier molecular flexibility index (Phi) is 9.74. The second kappa shape index (κ2) is 11.0. The highest BCUT2D eigenvalue weighted by molar-refractivity contribution is 5.85. The number of amides is 1. The summed E-state index contributed by atoms with van der Waals surface area (Å²) in [5.41, 5.74) is 0.762. The van der Waals surface area contributed by atoms with Gasteiger partial charge in [-0.3, -0.25) is 9.69 Å². The van der Waals surface area contributed by atoms with Crippen LogP contribution < -0.4 is 10.6 Å². The van der Waals surface area contributed by atoms with Gasteiger partial charge in [-0.2, -0.15) is 0 Å². The summed E-state index contributed by atoms with van der Waals surface area (Å²) in [6, 6.07) is 4.16. The molecule has 1 unspecified atom stereocenters. The third kappa shape index (κ3) is 6.32. The third-order valence-electron chi connectivity index (χ3n) is 4.54. The maximum atomic E-state index is 13.3. The molecule has 0 radical (unpaired) electrons. The van der Waals surface area contributed by atoms with Gasteiger partial charge >= 0.3 is 0 Å². The fraction of sp³-hybridized carbons (Fsp3) is 0.588. The average molecular weight is 412 g/mol.